The summed E-state index contributed by atoms with van der Waals surface area (Å²) in [5.74, 6) is 0.336. The van der Waals surface area contributed by atoms with E-state index in [-0.39, 0.29) is 23.8 Å². The van der Waals surface area contributed by atoms with Gasteiger partial charge in [-0.2, -0.15) is 0 Å². The van der Waals surface area contributed by atoms with Crippen molar-refractivity contribution in [3.05, 3.63) is 138 Å². The van der Waals surface area contributed by atoms with E-state index >= 15 is 0 Å². The summed E-state index contributed by atoms with van der Waals surface area (Å²) in [6.07, 6.45) is 1.31. The highest BCUT2D eigenvalue weighted by Crippen LogP contribution is 2.36. The first-order valence-electron chi connectivity index (χ1n) is 15.8. The van der Waals surface area contributed by atoms with Crippen molar-refractivity contribution in [1.82, 2.24) is 4.57 Å². The van der Waals surface area contributed by atoms with Crippen molar-refractivity contribution in [2.45, 2.75) is 39.8 Å². The molecule has 49 heavy (non-hydrogen) atoms. The van der Waals surface area contributed by atoms with E-state index in [0.717, 1.165) is 0 Å². The molecule has 0 saturated heterocycles. The second kappa shape index (κ2) is 14.5. The van der Waals surface area contributed by atoms with Gasteiger partial charge in [0, 0.05) is 22.2 Å². The second-order valence-corrected chi connectivity index (χ2v) is 12.7. The van der Waals surface area contributed by atoms with E-state index in [9.17, 15) is 14.4 Å². The molecule has 0 bridgehead atoms. The summed E-state index contributed by atoms with van der Waals surface area (Å²) in [5.41, 5.74) is 2.46. The SMILES string of the molecule is CCOC(=O)C1=C(c2ccccc2)N=c2s/c(=C\c3ccc(-c4cc(Cl)ccc4C(=O)OC(C)C)o3)c(=O)n2[C@@H]1c1ccc(OCC)cc1. The molecule has 0 amide bonds. The molecule has 2 aromatic heterocycles. The second-order valence-electron chi connectivity index (χ2n) is 11.3. The molecule has 0 aliphatic carbocycles. The van der Waals surface area contributed by atoms with Crippen LogP contribution < -0.4 is 19.6 Å². The molecule has 3 aromatic carbocycles. The highest BCUT2D eigenvalue weighted by molar-refractivity contribution is 7.07. The van der Waals surface area contributed by atoms with Gasteiger partial charge in [-0.25, -0.2) is 14.6 Å². The molecule has 1 aliphatic heterocycles. The third kappa shape index (κ3) is 7.02. The average molecular weight is 697 g/mol. The van der Waals surface area contributed by atoms with E-state index in [4.69, 9.17) is 35.2 Å². The molecule has 6 rings (SSSR count). The Morgan fingerprint density at radius 2 is 1.73 bits per heavy atom. The Kier molecular flexibility index (Phi) is 9.98. The zero-order chi connectivity index (χ0) is 34.7. The number of carbonyl (C=O) groups excluding carboxylic acids is 2. The van der Waals surface area contributed by atoms with Gasteiger partial charge < -0.3 is 18.6 Å². The molecular formula is C38H33ClN2O7S. The number of furan rings is 1. The third-order valence-electron chi connectivity index (χ3n) is 7.59. The number of carbonyl (C=O) groups is 2. The van der Waals surface area contributed by atoms with Gasteiger partial charge >= 0.3 is 11.9 Å². The molecule has 5 aromatic rings. The predicted molar refractivity (Wildman–Crippen MR) is 188 cm³/mol. The fourth-order valence-electron chi connectivity index (χ4n) is 5.55. The van der Waals surface area contributed by atoms with Crippen molar-refractivity contribution in [2.75, 3.05) is 13.2 Å². The van der Waals surface area contributed by atoms with Crippen molar-refractivity contribution in [1.29, 1.82) is 0 Å². The van der Waals surface area contributed by atoms with Crippen LogP contribution in [-0.4, -0.2) is 35.8 Å². The largest absolute Gasteiger partial charge is 0.494 e. The summed E-state index contributed by atoms with van der Waals surface area (Å²) in [6.45, 7) is 7.82. The van der Waals surface area contributed by atoms with Gasteiger partial charge in [0.2, 0.25) is 0 Å². The molecule has 0 fully saturated rings. The number of hydrogen-bond donors (Lipinski definition) is 0. The Hall–Kier alpha value is -5.19. The van der Waals surface area contributed by atoms with E-state index in [1.54, 1.807) is 57.2 Å². The number of hydrogen-bond acceptors (Lipinski definition) is 9. The molecule has 3 heterocycles. The van der Waals surface area contributed by atoms with Crippen LogP contribution >= 0.6 is 22.9 Å². The number of nitrogens with zero attached hydrogens (tertiary/aromatic N) is 2. The Morgan fingerprint density at radius 1 is 0.980 bits per heavy atom. The maximum Gasteiger partial charge on any atom is 0.339 e. The maximum absolute atomic E-state index is 14.3. The van der Waals surface area contributed by atoms with E-state index in [1.165, 1.54) is 15.9 Å². The van der Waals surface area contributed by atoms with Gasteiger partial charge in [-0.1, -0.05) is 65.4 Å². The predicted octanol–water partition coefficient (Wildman–Crippen LogP) is 6.81. The summed E-state index contributed by atoms with van der Waals surface area (Å²) in [7, 11) is 0. The zero-order valence-corrected chi connectivity index (χ0v) is 28.8. The normalized spacial score (nSPS) is 14.4. The van der Waals surface area contributed by atoms with Gasteiger partial charge in [0.15, 0.2) is 4.80 Å². The average Bonchev–Trinajstić information content (AvgIpc) is 3.68. The molecule has 9 nitrogen and oxygen atoms in total. The van der Waals surface area contributed by atoms with E-state index in [2.05, 4.69) is 0 Å². The number of aromatic nitrogens is 1. The van der Waals surface area contributed by atoms with Crippen LogP contribution in [0.15, 0.2) is 105 Å². The minimum Gasteiger partial charge on any atom is -0.494 e. The molecule has 0 saturated carbocycles. The fourth-order valence-corrected chi connectivity index (χ4v) is 6.70. The fraction of sp³-hybridized carbons (Fsp3) is 0.211. The van der Waals surface area contributed by atoms with E-state index < -0.39 is 18.0 Å². The lowest BCUT2D eigenvalue weighted by Gasteiger charge is -2.26. The molecule has 250 valence electrons. The number of thiazole rings is 1. The Morgan fingerprint density at radius 3 is 2.43 bits per heavy atom. The minimum atomic E-state index is -0.837. The van der Waals surface area contributed by atoms with Crippen molar-refractivity contribution in [3.63, 3.8) is 0 Å². The lowest BCUT2D eigenvalue weighted by molar-refractivity contribution is -0.138. The number of esters is 2. The van der Waals surface area contributed by atoms with E-state index in [1.807, 2.05) is 61.5 Å². The van der Waals surface area contributed by atoms with Crippen LogP contribution in [0.5, 0.6) is 5.75 Å². The van der Waals surface area contributed by atoms with Gasteiger partial charge in [-0.3, -0.25) is 9.36 Å². The molecule has 0 radical (unpaired) electrons. The van der Waals surface area contributed by atoms with Gasteiger partial charge in [0.25, 0.3) is 5.56 Å². The first-order valence-corrected chi connectivity index (χ1v) is 17.0. The maximum atomic E-state index is 14.3. The molecule has 11 heteroatoms. The first kappa shape index (κ1) is 33.7. The van der Waals surface area contributed by atoms with Crippen LogP contribution in [-0.2, 0) is 14.3 Å². The monoisotopic (exact) mass is 696 g/mol. The molecule has 1 aliphatic rings. The molecule has 1 atom stereocenters. The van der Waals surface area contributed by atoms with Gasteiger partial charge in [-0.05, 0) is 75.7 Å². The van der Waals surface area contributed by atoms with Crippen LogP contribution in [0.4, 0.5) is 0 Å². The highest BCUT2D eigenvalue weighted by atomic mass is 35.5. The Balaban J connectivity index is 1.51. The third-order valence-corrected chi connectivity index (χ3v) is 8.81. The van der Waals surface area contributed by atoms with Crippen LogP contribution in [0.25, 0.3) is 23.1 Å². The number of benzene rings is 3. The zero-order valence-electron chi connectivity index (χ0n) is 27.3. The lowest BCUT2D eigenvalue weighted by atomic mass is 9.93. The smallest absolute Gasteiger partial charge is 0.339 e. The van der Waals surface area contributed by atoms with Gasteiger partial charge in [-0.15, -0.1) is 0 Å². The first-order chi connectivity index (χ1) is 23.7. The van der Waals surface area contributed by atoms with Crippen LogP contribution in [0.3, 0.4) is 0 Å². The van der Waals surface area contributed by atoms with Crippen molar-refractivity contribution < 1.29 is 28.2 Å². The van der Waals surface area contributed by atoms with Crippen molar-refractivity contribution in [2.24, 2.45) is 4.99 Å². The molecule has 0 spiro atoms. The van der Waals surface area contributed by atoms with Crippen molar-refractivity contribution >= 4 is 46.6 Å². The molecule has 0 unspecified atom stereocenters. The topological polar surface area (TPSA) is 109 Å². The summed E-state index contributed by atoms with van der Waals surface area (Å²) in [5, 5.41) is 0.420. The van der Waals surface area contributed by atoms with Crippen LogP contribution in [0.2, 0.25) is 5.02 Å². The lowest BCUT2D eigenvalue weighted by Crippen LogP contribution is -2.40. The highest BCUT2D eigenvalue weighted by Gasteiger charge is 2.35. The Labute approximate surface area is 291 Å². The summed E-state index contributed by atoms with van der Waals surface area (Å²) >= 11 is 7.47. The van der Waals surface area contributed by atoms with Gasteiger partial charge in [0.05, 0.1) is 46.7 Å². The van der Waals surface area contributed by atoms with Gasteiger partial charge in [0.1, 0.15) is 17.3 Å². The van der Waals surface area contributed by atoms with Crippen LogP contribution in [0, 0.1) is 0 Å². The van der Waals surface area contributed by atoms with Crippen LogP contribution in [0.1, 0.15) is 61.0 Å². The number of halogens is 1. The molecular weight excluding hydrogens is 664 g/mol. The number of ether oxygens (including phenoxy) is 3. The summed E-state index contributed by atoms with van der Waals surface area (Å²) < 4.78 is 24.6. The minimum absolute atomic E-state index is 0.148. The number of fused-ring (bicyclic) bond motifs is 1. The van der Waals surface area contributed by atoms with E-state index in [0.29, 0.717) is 66.2 Å². The quantitative estimate of drug-likeness (QED) is 0.148. The Bertz CT molecular complexity index is 2230. The summed E-state index contributed by atoms with van der Waals surface area (Å²) in [4.78, 5) is 46.1. The summed E-state index contributed by atoms with van der Waals surface area (Å²) in [6, 6.07) is 24.1. The molecule has 0 N–H and O–H groups in total. The van der Waals surface area contributed by atoms with Crippen molar-refractivity contribution in [3.8, 4) is 17.1 Å². The standard InChI is InChI=1S/C38H33ClN2O7S/c1-5-45-26-15-12-24(13-16-26)34-32(37(44)46-6-2)33(23-10-8-7-9-11-23)40-38-41(34)35(42)31(49-38)21-27-17-19-30(48-27)29-20-25(39)14-18-28(29)36(43)47-22(3)4/h7-22,34H,5-6H2,1-4H3/b31-21-/t34-/m1/s1. The number of rotatable bonds is 10.